The molecule has 120 valence electrons. The van der Waals surface area contributed by atoms with Gasteiger partial charge in [0, 0.05) is 22.6 Å². The first-order chi connectivity index (χ1) is 11.0. The standard InChI is InChI=1S/C16H17BrN4O2/c1-20(2)5-6-21-10-13(9-18-21)19-16(22)15-8-11-7-12(17)3-4-14(11)23-15/h3-4,7-10H,5-6H2,1-2H3,(H,19,22). The van der Waals surface area contributed by atoms with E-state index in [1.165, 1.54) is 0 Å². The molecule has 1 amide bonds. The van der Waals surface area contributed by atoms with E-state index >= 15 is 0 Å². The van der Waals surface area contributed by atoms with Crippen molar-refractivity contribution in [3.05, 3.63) is 46.9 Å². The molecule has 2 heterocycles. The summed E-state index contributed by atoms with van der Waals surface area (Å²) in [6.45, 7) is 1.65. The maximum Gasteiger partial charge on any atom is 0.291 e. The van der Waals surface area contributed by atoms with Gasteiger partial charge in [0.1, 0.15) is 5.58 Å². The second kappa shape index (κ2) is 6.55. The maximum absolute atomic E-state index is 12.3. The van der Waals surface area contributed by atoms with E-state index in [2.05, 4.69) is 31.2 Å². The Labute approximate surface area is 142 Å². The Morgan fingerprint density at radius 1 is 1.39 bits per heavy atom. The van der Waals surface area contributed by atoms with Crippen LogP contribution in [0.2, 0.25) is 0 Å². The predicted molar refractivity (Wildman–Crippen MR) is 92.6 cm³/mol. The van der Waals surface area contributed by atoms with Crippen LogP contribution in [0, 0.1) is 0 Å². The van der Waals surface area contributed by atoms with Crippen molar-refractivity contribution in [2.24, 2.45) is 0 Å². The van der Waals surface area contributed by atoms with E-state index in [0.717, 1.165) is 22.9 Å². The normalized spacial score (nSPS) is 11.3. The lowest BCUT2D eigenvalue weighted by Crippen LogP contribution is -2.18. The second-order valence-electron chi connectivity index (χ2n) is 5.54. The number of fused-ring (bicyclic) bond motifs is 1. The van der Waals surface area contributed by atoms with Crippen molar-refractivity contribution >= 4 is 38.5 Å². The van der Waals surface area contributed by atoms with Gasteiger partial charge in [0.2, 0.25) is 0 Å². The molecule has 23 heavy (non-hydrogen) atoms. The lowest BCUT2D eigenvalue weighted by Gasteiger charge is -2.08. The molecule has 0 aliphatic rings. The number of halogens is 1. The minimum absolute atomic E-state index is 0.277. The van der Waals surface area contributed by atoms with Gasteiger partial charge in [-0.15, -0.1) is 0 Å². The number of likely N-dealkylation sites (N-methyl/N-ethyl adjacent to an activating group) is 1. The molecule has 0 radical (unpaired) electrons. The molecule has 2 aromatic heterocycles. The zero-order valence-electron chi connectivity index (χ0n) is 12.9. The summed E-state index contributed by atoms with van der Waals surface area (Å²) >= 11 is 3.40. The fourth-order valence-corrected chi connectivity index (χ4v) is 2.55. The van der Waals surface area contributed by atoms with E-state index in [9.17, 15) is 4.79 Å². The third-order valence-electron chi connectivity index (χ3n) is 3.37. The first-order valence-corrected chi connectivity index (χ1v) is 7.98. The number of rotatable bonds is 5. The zero-order chi connectivity index (χ0) is 16.4. The summed E-state index contributed by atoms with van der Waals surface area (Å²) in [6, 6.07) is 7.35. The summed E-state index contributed by atoms with van der Waals surface area (Å²) in [4.78, 5) is 14.4. The molecule has 0 spiro atoms. The highest BCUT2D eigenvalue weighted by molar-refractivity contribution is 9.10. The number of carbonyl (C=O) groups is 1. The lowest BCUT2D eigenvalue weighted by atomic mass is 10.2. The molecule has 0 saturated carbocycles. The van der Waals surface area contributed by atoms with E-state index < -0.39 is 0 Å². The van der Waals surface area contributed by atoms with Crippen LogP contribution in [0.15, 0.2) is 45.5 Å². The van der Waals surface area contributed by atoms with Gasteiger partial charge in [-0.25, -0.2) is 0 Å². The Balaban J connectivity index is 1.70. The first-order valence-electron chi connectivity index (χ1n) is 7.19. The fraction of sp³-hybridized carbons (Fsp3) is 0.250. The van der Waals surface area contributed by atoms with Gasteiger partial charge in [0.05, 0.1) is 18.4 Å². The Kier molecular flexibility index (Phi) is 4.49. The largest absolute Gasteiger partial charge is 0.451 e. The highest BCUT2D eigenvalue weighted by atomic mass is 79.9. The molecule has 6 nitrogen and oxygen atoms in total. The van der Waals surface area contributed by atoms with E-state index in [1.807, 2.05) is 32.3 Å². The summed E-state index contributed by atoms with van der Waals surface area (Å²) < 4.78 is 8.32. The van der Waals surface area contributed by atoms with Crippen molar-refractivity contribution in [1.29, 1.82) is 0 Å². The molecule has 1 aromatic carbocycles. The maximum atomic E-state index is 12.3. The Morgan fingerprint density at radius 3 is 3.00 bits per heavy atom. The number of hydrogen-bond acceptors (Lipinski definition) is 4. The van der Waals surface area contributed by atoms with Crippen LogP contribution in [-0.4, -0.2) is 41.2 Å². The van der Waals surface area contributed by atoms with Gasteiger partial charge in [-0.2, -0.15) is 5.10 Å². The van der Waals surface area contributed by atoms with Gasteiger partial charge in [-0.3, -0.25) is 9.48 Å². The van der Waals surface area contributed by atoms with E-state index in [1.54, 1.807) is 23.1 Å². The molecule has 0 aliphatic carbocycles. The number of anilines is 1. The van der Waals surface area contributed by atoms with Gasteiger partial charge < -0.3 is 14.6 Å². The average molecular weight is 377 g/mol. The minimum Gasteiger partial charge on any atom is -0.451 e. The number of amides is 1. The number of carbonyl (C=O) groups excluding carboxylic acids is 1. The second-order valence-corrected chi connectivity index (χ2v) is 6.46. The minimum atomic E-state index is -0.288. The van der Waals surface area contributed by atoms with Crippen LogP contribution in [0.3, 0.4) is 0 Å². The molecule has 3 rings (SSSR count). The Morgan fingerprint density at radius 2 is 2.22 bits per heavy atom. The van der Waals surface area contributed by atoms with Crippen molar-refractivity contribution < 1.29 is 9.21 Å². The van der Waals surface area contributed by atoms with Crippen LogP contribution in [-0.2, 0) is 6.54 Å². The molecule has 0 unspecified atom stereocenters. The smallest absolute Gasteiger partial charge is 0.291 e. The number of benzene rings is 1. The molecule has 0 aliphatic heterocycles. The summed E-state index contributed by atoms with van der Waals surface area (Å²) in [6.07, 6.45) is 3.44. The van der Waals surface area contributed by atoms with Gasteiger partial charge in [0.25, 0.3) is 5.91 Å². The fourth-order valence-electron chi connectivity index (χ4n) is 2.17. The highest BCUT2D eigenvalue weighted by Crippen LogP contribution is 2.23. The number of aromatic nitrogens is 2. The van der Waals surface area contributed by atoms with E-state index in [4.69, 9.17) is 4.42 Å². The number of hydrogen-bond donors (Lipinski definition) is 1. The zero-order valence-corrected chi connectivity index (χ0v) is 14.5. The highest BCUT2D eigenvalue weighted by Gasteiger charge is 2.13. The molecule has 0 fully saturated rings. The van der Waals surface area contributed by atoms with Crippen molar-refractivity contribution in [1.82, 2.24) is 14.7 Å². The molecule has 0 atom stereocenters. The van der Waals surface area contributed by atoms with Crippen molar-refractivity contribution in [3.63, 3.8) is 0 Å². The Hall–Kier alpha value is -2.12. The third kappa shape index (κ3) is 3.80. The van der Waals surface area contributed by atoms with Crippen LogP contribution in [0.1, 0.15) is 10.6 Å². The molecule has 3 aromatic rings. The van der Waals surface area contributed by atoms with Crippen LogP contribution in [0.5, 0.6) is 0 Å². The molecule has 0 bridgehead atoms. The van der Waals surface area contributed by atoms with Gasteiger partial charge >= 0.3 is 0 Å². The molecule has 7 heteroatoms. The van der Waals surface area contributed by atoms with Crippen molar-refractivity contribution in [2.75, 3.05) is 26.0 Å². The number of nitrogens with one attached hydrogen (secondary N) is 1. The summed E-state index contributed by atoms with van der Waals surface area (Å²) in [5.41, 5.74) is 1.33. The van der Waals surface area contributed by atoms with Crippen LogP contribution < -0.4 is 5.32 Å². The van der Waals surface area contributed by atoms with Crippen LogP contribution in [0.25, 0.3) is 11.0 Å². The van der Waals surface area contributed by atoms with Crippen molar-refractivity contribution in [2.45, 2.75) is 6.54 Å². The van der Waals surface area contributed by atoms with E-state index in [-0.39, 0.29) is 11.7 Å². The monoisotopic (exact) mass is 376 g/mol. The average Bonchev–Trinajstić information content (AvgIpc) is 3.11. The first kappa shape index (κ1) is 15.8. The van der Waals surface area contributed by atoms with E-state index in [0.29, 0.717) is 11.3 Å². The van der Waals surface area contributed by atoms with Crippen LogP contribution >= 0.6 is 15.9 Å². The van der Waals surface area contributed by atoms with Gasteiger partial charge in [-0.1, -0.05) is 15.9 Å². The third-order valence-corrected chi connectivity index (χ3v) is 3.86. The molecular weight excluding hydrogens is 360 g/mol. The lowest BCUT2D eigenvalue weighted by molar-refractivity contribution is 0.0998. The van der Waals surface area contributed by atoms with Gasteiger partial charge in [-0.05, 0) is 38.4 Å². The van der Waals surface area contributed by atoms with Gasteiger partial charge in [0.15, 0.2) is 5.76 Å². The molecule has 1 N–H and O–H groups in total. The SMILES string of the molecule is CN(C)CCn1cc(NC(=O)c2cc3cc(Br)ccc3o2)cn1. The van der Waals surface area contributed by atoms with Crippen molar-refractivity contribution in [3.8, 4) is 0 Å². The summed E-state index contributed by atoms with van der Waals surface area (Å²) in [5, 5.41) is 7.91. The summed E-state index contributed by atoms with van der Waals surface area (Å²) in [5.74, 6) is -0.0105. The summed E-state index contributed by atoms with van der Waals surface area (Å²) in [7, 11) is 4.01. The number of furan rings is 1. The molecular formula is C16H17BrN4O2. The van der Waals surface area contributed by atoms with Crippen LogP contribution in [0.4, 0.5) is 5.69 Å². The number of nitrogens with zero attached hydrogens (tertiary/aromatic N) is 3. The quantitative estimate of drug-likeness (QED) is 0.742. The topological polar surface area (TPSA) is 63.3 Å². The predicted octanol–water partition coefficient (Wildman–Crippen LogP) is 3.21. The Bertz CT molecular complexity index is 838. The molecule has 0 saturated heterocycles.